The van der Waals surface area contributed by atoms with Crippen LogP contribution < -0.4 is 11.1 Å². The molecule has 0 saturated carbocycles. The van der Waals surface area contributed by atoms with Crippen LogP contribution in [-0.2, 0) is 6.54 Å². The predicted molar refractivity (Wildman–Crippen MR) is 75.8 cm³/mol. The first-order valence-corrected chi connectivity index (χ1v) is 3.88. The normalized spacial score (nSPS) is 7.27. The van der Waals surface area contributed by atoms with Gasteiger partial charge in [0.1, 0.15) is 0 Å². The summed E-state index contributed by atoms with van der Waals surface area (Å²) in [4.78, 5) is 0. The van der Waals surface area contributed by atoms with Crippen molar-refractivity contribution >= 4 is 118 Å². The second-order valence-corrected chi connectivity index (χ2v) is 2.45. The maximum absolute atomic E-state index is 5.33. The zero-order chi connectivity index (χ0) is 7.94. The maximum atomic E-state index is 5.33. The van der Waals surface area contributed by atoms with E-state index in [1.807, 2.05) is 18.2 Å². The molecule has 0 bridgehead atoms. The average molecular weight is 246 g/mol. The molecule has 2 nitrogen and oxygen atoms in total. The molecule has 0 saturated heterocycles. The number of rotatable bonds is 4. The van der Waals surface area contributed by atoms with Gasteiger partial charge >= 0.3 is 118 Å². The van der Waals surface area contributed by atoms with E-state index in [1.54, 1.807) is 0 Å². The third kappa shape index (κ3) is 15.1. The van der Waals surface area contributed by atoms with Gasteiger partial charge in [0, 0.05) is 19.6 Å². The SMILES string of the molecule is NCCNCc1ccccc1.[NaH].[NaH].[NaH].[NaH]. The van der Waals surface area contributed by atoms with Crippen molar-refractivity contribution in [1.29, 1.82) is 0 Å². The second kappa shape index (κ2) is 19.5. The van der Waals surface area contributed by atoms with Gasteiger partial charge in [-0.1, -0.05) is 30.3 Å². The van der Waals surface area contributed by atoms with Crippen molar-refractivity contribution in [2.75, 3.05) is 13.1 Å². The van der Waals surface area contributed by atoms with Crippen LogP contribution in [0.3, 0.4) is 0 Å². The molecule has 0 atom stereocenters. The minimum absolute atomic E-state index is 0. The molecule has 0 radical (unpaired) electrons. The summed E-state index contributed by atoms with van der Waals surface area (Å²) in [6.45, 7) is 2.50. The predicted octanol–water partition coefficient (Wildman–Crippen LogP) is -1.86. The van der Waals surface area contributed by atoms with Crippen LogP contribution in [0.25, 0.3) is 0 Å². The van der Waals surface area contributed by atoms with Gasteiger partial charge in [-0.3, -0.25) is 0 Å². The molecule has 1 aromatic carbocycles. The Kier molecular flexibility index (Phi) is 34.6. The summed E-state index contributed by atoms with van der Waals surface area (Å²) in [5, 5.41) is 3.23. The third-order valence-corrected chi connectivity index (χ3v) is 1.49. The first kappa shape index (κ1) is 26.7. The number of nitrogens with two attached hydrogens (primary N) is 1. The molecule has 1 aromatic rings. The molecule has 68 valence electrons. The Bertz CT molecular complexity index is 197. The summed E-state index contributed by atoms with van der Waals surface area (Å²) in [5.41, 5.74) is 6.64. The van der Waals surface area contributed by atoms with E-state index in [0.29, 0.717) is 6.54 Å². The monoisotopic (exact) mass is 246 g/mol. The third-order valence-electron chi connectivity index (χ3n) is 1.49. The van der Waals surface area contributed by atoms with Crippen molar-refractivity contribution in [1.82, 2.24) is 5.32 Å². The Morgan fingerprint density at radius 1 is 0.933 bits per heavy atom. The molecule has 0 amide bonds. The Balaban J connectivity index is -0.000000151. The van der Waals surface area contributed by atoms with Crippen molar-refractivity contribution in [3.63, 3.8) is 0 Å². The fourth-order valence-corrected chi connectivity index (χ4v) is 0.931. The van der Waals surface area contributed by atoms with Crippen molar-refractivity contribution in [3.8, 4) is 0 Å². The molecule has 3 N–H and O–H groups in total. The van der Waals surface area contributed by atoms with E-state index >= 15 is 0 Å². The van der Waals surface area contributed by atoms with E-state index in [0.717, 1.165) is 13.1 Å². The van der Waals surface area contributed by atoms with Crippen molar-refractivity contribution in [2.24, 2.45) is 5.73 Å². The molecule has 0 spiro atoms. The fourth-order valence-electron chi connectivity index (χ4n) is 0.931. The van der Waals surface area contributed by atoms with Crippen molar-refractivity contribution in [3.05, 3.63) is 35.9 Å². The van der Waals surface area contributed by atoms with E-state index in [4.69, 9.17) is 5.73 Å². The number of hydrogen-bond acceptors (Lipinski definition) is 2. The van der Waals surface area contributed by atoms with E-state index in [-0.39, 0.29) is 118 Å². The van der Waals surface area contributed by atoms with Gasteiger partial charge in [0.25, 0.3) is 0 Å². The first-order valence-electron chi connectivity index (χ1n) is 3.88. The van der Waals surface area contributed by atoms with Crippen LogP contribution in [0.4, 0.5) is 0 Å². The Morgan fingerprint density at radius 3 is 1.93 bits per heavy atom. The molecule has 15 heavy (non-hydrogen) atoms. The van der Waals surface area contributed by atoms with Gasteiger partial charge in [-0.15, -0.1) is 0 Å². The van der Waals surface area contributed by atoms with E-state index < -0.39 is 0 Å². The summed E-state index contributed by atoms with van der Waals surface area (Å²) in [6, 6.07) is 10.3. The quantitative estimate of drug-likeness (QED) is 0.483. The van der Waals surface area contributed by atoms with Crippen LogP contribution in [0.1, 0.15) is 5.56 Å². The van der Waals surface area contributed by atoms with Gasteiger partial charge in [0.05, 0.1) is 0 Å². The molecular weight excluding hydrogens is 228 g/mol. The van der Waals surface area contributed by atoms with Gasteiger partial charge in [0.2, 0.25) is 0 Å². The van der Waals surface area contributed by atoms with Crippen LogP contribution in [-0.4, -0.2) is 131 Å². The van der Waals surface area contributed by atoms with Gasteiger partial charge in [0.15, 0.2) is 0 Å². The van der Waals surface area contributed by atoms with Crippen molar-refractivity contribution in [2.45, 2.75) is 6.54 Å². The summed E-state index contributed by atoms with van der Waals surface area (Å²) in [5.74, 6) is 0. The Labute approximate surface area is 181 Å². The van der Waals surface area contributed by atoms with Crippen LogP contribution in [0.15, 0.2) is 30.3 Å². The van der Waals surface area contributed by atoms with Gasteiger partial charge in [-0.25, -0.2) is 0 Å². The molecule has 0 aliphatic carbocycles. The van der Waals surface area contributed by atoms with E-state index in [1.165, 1.54) is 5.56 Å². The molecular formula is C9H18N2Na4. The Morgan fingerprint density at radius 2 is 1.47 bits per heavy atom. The van der Waals surface area contributed by atoms with E-state index in [9.17, 15) is 0 Å². The molecule has 0 fully saturated rings. The summed E-state index contributed by atoms with van der Waals surface area (Å²) < 4.78 is 0. The van der Waals surface area contributed by atoms with Crippen LogP contribution in [0.2, 0.25) is 0 Å². The molecule has 0 aromatic heterocycles. The standard InChI is InChI=1S/C9H14N2.4Na.4H/c10-6-7-11-8-9-4-2-1-3-5-9;;;;;;;;/h1-5,11H,6-8,10H2;;;;;;;;. The number of benzene rings is 1. The zero-order valence-corrected chi connectivity index (χ0v) is 6.59. The summed E-state index contributed by atoms with van der Waals surface area (Å²) >= 11 is 0. The van der Waals surface area contributed by atoms with Crippen LogP contribution in [0, 0.1) is 0 Å². The Hall–Kier alpha value is 3.14. The number of hydrogen-bond donors (Lipinski definition) is 2. The minimum atomic E-state index is 0. The average Bonchev–Trinajstić information content (AvgIpc) is 2.07. The summed E-state index contributed by atoms with van der Waals surface area (Å²) in [6.07, 6.45) is 0. The van der Waals surface area contributed by atoms with E-state index in [2.05, 4.69) is 17.4 Å². The number of nitrogens with one attached hydrogen (secondary N) is 1. The fraction of sp³-hybridized carbons (Fsp3) is 0.333. The summed E-state index contributed by atoms with van der Waals surface area (Å²) in [7, 11) is 0. The molecule has 0 heterocycles. The van der Waals surface area contributed by atoms with Crippen molar-refractivity contribution < 1.29 is 0 Å². The molecule has 1 rings (SSSR count). The first-order chi connectivity index (χ1) is 5.43. The molecule has 0 aliphatic rings. The van der Waals surface area contributed by atoms with Gasteiger partial charge < -0.3 is 11.1 Å². The second-order valence-electron chi connectivity index (χ2n) is 2.45. The van der Waals surface area contributed by atoms with Crippen LogP contribution >= 0.6 is 0 Å². The van der Waals surface area contributed by atoms with Gasteiger partial charge in [-0.05, 0) is 5.56 Å². The van der Waals surface area contributed by atoms with Gasteiger partial charge in [-0.2, -0.15) is 0 Å². The van der Waals surface area contributed by atoms with Crippen LogP contribution in [0.5, 0.6) is 0 Å². The molecule has 6 heteroatoms. The zero-order valence-electron chi connectivity index (χ0n) is 6.59. The topological polar surface area (TPSA) is 38.0 Å². The molecule has 0 unspecified atom stereocenters. The molecule has 0 aliphatic heterocycles.